The van der Waals surface area contributed by atoms with E-state index in [1.54, 1.807) is 51.1 Å². The zero-order valence-corrected chi connectivity index (χ0v) is 51.2. The summed E-state index contributed by atoms with van der Waals surface area (Å²) >= 11 is 0. The molecule has 0 spiro atoms. The number of amides is 7. The van der Waals surface area contributed by atoms with E-state index in [2.05, 4.69) is 42.2 Å². The summed E-state index contributed by atoms with van der Waals surface area (Å²) in [6.07, 6.45) is 0.126. The first kappa shape index (κ1) is 70.2. The van der Waals surface area contributed by atoms with Crippen molar-refractivity contribution in [1.29, 1.82) is 0 Å². The number of nitrogens with one attached hydrogen (secondary N) is 7. The van der Waals surface area contributed by atoms with E-state index >= 15 is 0 Å². The fraction of sp³-hybridized carbons (Fsp3) is 0.441. The predicted octanol–water partition coefficient (Wildman–Crippen LogP) is -6.63. The van der Waals surface area contributed by atoms with Gasteiger partial charge in [-0.25, -0.2) is 0 Å². The second-order valence-electron chi connectivity index (χ2n) is 21.3. The molecule has 6 rings (SSSR count). The van der Waals surface area contributed by atoms with E-state index in [9.17, 15) is 68.4 Å². The summed E-state index contributed by atoms with van der Waals surface area (Å²) in [5.41, 5.74) is 13.2. The van der Waals surface area contributed by atoms with Crippen molar-refractivity contribution in [1.82, 2.24) is 56.8 Å². The van der Waals surface area contributed by atoms with Crippen LogP contribution in [0.1, 0.15) is 52.7 Å². The molecule has 29 heteroatoms. The Morgan fingerprint density at radius 2 is 1.01 bits per heavy atom. The maximum atomic E-state index is 14.4. The number of aliphatic carboxylic acids is 3. The van der Waals surface area contributed by atoms with Gasteiger partial charge in [-0.3, -0.25) is 58.2 Å². The first-order valence-corrected chi connectivity index (χ1v) is 28.6. The molecule has 468 valence electrons. The number of nitrogens with zero attached hydrogens (tertiary/aromatic N) is 5. The molecule has 2 saturated heterocycles. The molecule has 0 bridgehead atoms. The molecule has 4 aromatic rings. The second kappa shape index (κ2) is 35.9. The van der Waals surface area contributed by atoms with Gasteiger partial charge in [0.1, 0.15) is 29.9 Å². The summed E-state index contributed by atoms with van der Waals surface area (Å²) < 4.78 is 0. The fourth-order valence-electron chi connectivity index (χ4n) is 9.88. The van der Waals surface area contributed by atoms with Crippen LogP contribution in [-0.2, 0) is 62.5 Å². The molecule has 0 radical (unpaired) electrons. The zero-order valence-electron chi connectivity index (χ0n) is 48.7. The molecule has 2 aliphatic rings. The van der Waals surface area contributed by atoms with Gasteiger partial charge in [-0.2, -0.15) is 0 Å². The summed E-state index contributed by atoms with van der Waals surface area (Å²) in [5, 5.41) is 65.5. The van der Waals surface area contributed by atoms with Crippen LogP contribution in [-0.4, -0.2) is 232 Å². The molecule has 0 saturated carbocycles. The number of aliphatic imine (C=N–C) groups is 1. The van der Waals surface area contributed by atoms with Crippen LogP contribution in [0.25, 0.3) is 10.8 Å². The number of carbonyl (C=O) groups excluding carboxylic acids is 10. The molecular weight excluding hydrogens is 1200 g/mol. The van der Waals surface area contributed by atoms with Gasteiger partial charge in [0.15, 0.2) is 5.96 Å². The number of aromatic hydroxyl groups is 1. The number of phenols is 1. The maximum absolute atomic E-state index is 14.4. The van der Waals surface area contributed by atoms with Crippen LogP contribution in [0.5, 0.6) is 5.75 Å². The molecule has 0 aromatic heterocycles. The molecule has 0 aliphatic carbocycles. The summed E-state index contributed by atoms with van der Waals surface area (Å²) in [6, 6.07) is 20.3. The number of carboxylic acid groups (broad SMARTS) is 3. The topological polar surface area (TPSA) is 422 Å². The van der Waals surface area contributed by atoms with Gasteiger partial charge in [0, 0.05) is 110 Å². The number of carbonyl (C=O) groups is 10. The molecule has 7 amide bonds. The third-order valence-electron chi connectivity index (χ3n) is 14.6. The van der Waals surface area contributed by atoms with Gasteiger partial charge in [0.2, 0.25) is 35.4 Å². The molecular formula is C59H75GaN14O14. The Morgan fingerprint density at radius 3 is 1.56 bits per heavy atom. The third kappa shape index (κ3) is 24.6. The number of fused-ring (bicyclic) bond motifs is 1. The molecule has 28 nitrogen and oxygen atoms in total. The number of hydrogen-bond donors (Lipinski definition) is 10. The Labute approximate surface area is 521 Å². The predicted molar refractivity (Wildman–Crippen MR) is 316 cm³/mol. The summed E-state index contributed by atoms with van der Waals surface area (Å²) in [6.45, 7) is -0.550. The van der Waals surface area contributed by atoms with Gasteiger partial charge in [-0.05, 0) is 77.4 Å². The quantitative estimate of drug-likeness (QED) is 0.0143. The maximum Gasteiger partial charge on any atom is 3.00 e. The van der Waals surface area contributed by atoms with Crippen molar-refractivity contribution in [2.24, 2.45) is 16.5 Å². The largest absolute Gasteiger partial charge is 3.00 e. The molecule has 12 N–H and O–H groups in total. The molecule has 88 heavy (non-hydrogen) atoms. The Bertz CT molecular complexity index is 3050. The van der Waals surface area contributed by atoms with Gasteiger partial charge in [0.25, 0.3) is 5.91 Å². The number of phenolic OH excluding ortho intramolecular Hbond substituents is 1. The second-order valence-corrected chi connectivity index (χ2v) is 21.3. The van der Waals surface area contributed by atoms with Crippen LogP contribution < -0.4 is 64.0 Å². The Hall–Kier alpha value is -8.61. The van der Waals surface area contributed by atoms with E-state index < -0.39 is 110 Å². The molecule has 2 aliphatic heterocycles. The molecule has 0 unspecified atom stereocenters. The minimum atomic E-state index is -1.34. The number of nitrogens with two attached hydrogens (primary N) is 2. The third-order valence-corrected chi connectivity index (χ3v) is 14.6. The Morgan fingerprint density at radius 1 is 0.545 bits per heavy atom. The van der Waals surface area contributed by atoms with Gasteiger partial charge >= 0.3 is 19.8 Å². The molecule has 2 heterocycles. The fourth-order valence-corrected chi connectivity index (χ4v) is 9.88. The zero-order chi connectivity index (χ0) is 62.8. The number of benzene rings is 4. The summed E-state index contributed by atoms with van der Waals surface area (Å²) in [7, 11) is 0. The van der Waals surface area contributed by atoms with E-state index in [1.807, 2.05) is 42.5 Å². The van der Waals surface area contributed by atoms with Crippen LogP contribution in [0.3, 0.4) is 0 Å². The number of carboxylic acids is 3. The van der Waals surface area contributed by atoms with Crippen LogP contribution >= 0.6 is 0 Å². The van der Waals surface area contributed by atoms with Crippen molar-refractivity contribution in [2.75, 3.05) is 98.2 Å². The van der Waals surface area contributed by atoms with Crippen molar-refractivity contribution in [3.05, 3.63) is 113 Å². The van der Waals surface area contributed by atoms with Gasteiger partial charge < -0.3 is 83.5 Å². The first-order chi connectivity index (χ1) is 41.7. The first-order valence-electron chi connectivity index (χ1n) is 28.6. The van der Waals surface area contributed by atoms with E-state index in [0.717, 1.165) is 10.8 Å². The van der Waals surface area contributed by atoms with Crippen molar-refractivity contribution in [2.45, 2.75) is 69.2 Å². The Kier molecular flexibility index (Phi) is 28.6. The number of guanidine groups is 1. The van der Waals surface area contributed by atoms with Crippen molar-refractivity contribution in [3.8, 4) is 5.75 Å². The van der Waals surface area contributed by atoms with E-state index in [4.69, 9.17) is 11.5 Å². The normalized spacial score (nSPS) is 19.2. The van der Waals surface area contributed by atoms with Gasteiger partial charge in [-0.1, -0.05) is 66.7 Å². The summed E-state index contributed by atoms with van der Waals surface area (Å²) in [4.78, 5) is 142. The van der Waals surface area contributed by atoms with Crippen LogP contribution in [0.15, 0.2) is 96.0 Å². The van der Waals surface area contributed by atoms with Crippen LogP contribution in [0.2, 0.25) is 0 Å². The van der Waals surface area contributed by atoms with Crippen LogP contribution in [0, 0.1) is 0 Å². The SMILES string of the molecule is NC(N)=NCCC[C@@H]1NC(=O)[C@@H](CCCNC(=O)c2ccc(CNC(=O)CN3CCN(CC(=O)[O-])CCN(CC(=O)[O-])CCN(CC(=O)[O-])CC3)cc2)NC(=O)[C@@H](Cc2ccc(O)cc2)NC(=O)CNC(=O)[C@H](Cc2ccc3ccccc3c2)NC1=O.[Ga+3]. The van der Waals surface area contributed by atoms with E-state index in [1.165, 1.54) is 17.0 Å². The summed E-state index contributed by atoms with van der Waals surface area (Å²) in [5.74, 6) is -8.91. The van der Waals surface area contributed by atoms with Crippen molar-refractivity contribution in [3.63, 3.8) is 0 Å². The standard InChI is InChI=1S/C59H78N14O14.Ga/c60-59(61)63-20-4-8-46-57(86)69-47(31-40-11-14-41-5-1-2-6-43(41)29-40)55(84)65-33-49(75)66-48(30-38-12-17-44(74)18-13-38)58(87)68-45(56(85)67-46)7-3-19-62-54(83)42-15-9-39(10-16-42)32-64-50(76)34-70-21-23-71(35-51(77)78)25-27-73(37-53(81)82)28-26-72(24-22-70)36-52(79)80;/h1-2,5-6,9-18,29,45-48,74H,3-4,7-8,19-28,30-37H2,(H,62,83)(H,64,76)(H,65,84)(H,66,75)(H,67,85)(H,68,87)(H,69,86)(H,77,78)(H,79,80)(H,81,82)(H4,60,61,63);/q;+3/p-3/t45-,46+,47+,48-;/m1./s1. The average Bonchev–Trinajstić information content (AvgIpc) is 3.56. The number of rotatable bonds is 23. The Balaban J connectivity index is 0.0000141. The van der Waals surface area contributed by atoms with E-state index in [0.29, 0.717) is 16.7 Å². The molecule has 4 atom stereocenters. The molecule has 4 aromatic carbocycles. The molecule has 2 fully saturated rings. The van der Waals surface area contributed by atoms with Crippen molar-refractivity contribution < 1.29 is 68.4 Å². The smallest absolute Gasteiger partial charge is 0.549 e. The van der Waals surface area contributed by atoms with Crippen LogP contribution in [0.4, 0.5) is 0 Å². The van der Waals surface area contributed by atoms with Gasteiger partial charge in [0.05, 0.1) is 31.0 Å². The minimum Gasteiger partial charge on any atom is -0.549 e. The van der Waals surface area contributed by atoms with Gasteiger partial charge in [-0.15, -0.1) is 0 Å². The van der Waals surface area contributed by atoms with E-state index in [-0.39, 0.29) is 154 Å². The average molecular weight is 1270 g/mol. The minimum absolute atomic E-state index is 0. The monoisotopic (exact) mass is 1270 g/mol. The van der Waals surface area contributed by atoms with Crippen molar-refractivity contribution >= 4 is 95.8 Å². The number of hydrogen-bond acceptors (Lipinski definition) is 19.